The fourth-order valence-corrected chi connectivity index (χ4v) is 8.80. The molecule has 0 spiro atoms. The number of esters is 1. The van der Waals surface area contributed by atoms with Crippen molar-refractivity contribution in [1.82, 2.24) is 9.97 Å². The lowest BCUT2D eigenvalue weighted by atomic mass is 9.80. The van der Waals surface area contributed by atoms with Crippen molar-refractivity contribution >= 4 is 55.3 Å². The second-order valence-corrected chi connectivity index (χ2v) is 13.5. The number of fused-ring (bicyclic) bond motifs is 1. The molecule has 7 nitrogen and oxygen atoms in total. The van der Waals surface area contributed by atoms with Gasteiger partial charge < -0.3 is 9.72 Å². The molecule has 10 heteroatoms. The predicted molar refractivity (Wildman–Crippen MR) is 150 cm³/mol. The van der Waals surface area contributed by atoms with Gasteiger partial charge in [0.05, 0.1) is 29.4 Å². The second kappa shape index (κ2) is 11.0. The van der Waals surface area contributed by atoms with Gasteiger partial charge >= 0.3 is 5.97 Å². The van der Waals surface area contributed by atoms with Gasteiger partial charge in [0, 0.05) is 23.0 Å². The van der Waals surface area contributed by atoms with Crippen LogP contribution in [0, 0.1) is 11.8 Å². The summed E-state index contributed by atoms with van der Waals surface area (Å²) in [4.78, 5) is 21.5. The van der Waals surface area contributed by atoms with E-state index in [9.17, 15) is 13.2 Å². The molecule has 4 aromatic rings. The molecule has 1 aliphatic carbocycles. The van der Waals surface area contributed by atoms with Gasteiger partial charge in [-0.15, -0.1) is 22.7 Å². The second-order valence-electron chi connectivity index (χ2n) is 9.34. The van der Waals surface area contributed by atoms with Crippen LogP contribution in [-0.4, -0.2) is 37.5 Å². The molecule has 1 aromatic carbocycles. The Morgan fingerprint density at radius 3 is 2.84 bits per heavy atom. The Kier molecular flexibility index (Phi) is 7.69. The Bertz CT molecular complexity index is 1470. The molecule has 1 aliphatic rings. The summed E-state index contributed by atoms with van der Waals surface area (Å²) in [7, 11) is -3.65. The third-order valence-corrected chi connectivity index (χ3v) is 11.2. The van der Waals surface area contributed by atoms with Crippen molar-refractivity contribution in [2.75, 3.05) is 17.5 Å². The largest absolute Gasteiger partial charge is 0.466 e. The zero-order valence-corrected chi connectivity index (χ0v) is 23.4. The van der Waals surface area contributed by atoms with Crippen LogP contribution in [0.2, 0.25) is 0 Å². The van der Waals surface area contributed by atoms with Gasteiger partial charge in [-0.1, -0.05) is 31.0 Å². The van der Waals surface area contributed by atoms with E-state index in [0.29, 0.717) is 29.0 Å². The van der Waals surface area contributed by atoms with Crippen molar-refractivity contribution < 1.29 is 17.9 Å². The summed E-state index contributed by atoms with van der Waals surface area (Å²) >= 11 is 2.87. The fourth-order valence-electron chi connectivity index (χ4n) is 5.21. The highest BCUT2D eigenvalue weighted by Gasteiger charge is 2.29. The topological polar surface area (TPSA) is 92.4 Å². The maximum absolute atomic E-state index is 13.3. The molecule has 2 atom stereocenters. The minimum absolute atomic E-state index is 0.00480. The number of nitrogens with zero attached hydrogens (tertiary/aromatic N) is 2. The first-order chi connectivity index (χ1) is 17.9. The van der Waals surface area contributed by atoms with E-state index in [-0.39, 0.29) is 11.9 Å². The maximum atomic E-state index is 13.3. The van der Waals surface area contributed by atoms with Crippen LogP contribution < -0.4 is 4.31 Å². The molecular formula is C27H31N3O4S3. The summed E-state index contributed by atoms with van der Waals surface area (Å²) < 4.78 is 33.7. The monoisotopic (exact) mass is 557 g/mol. The quantitative estimate of drug-likeness (QED) is 0.238. The van der Waals surface area contributed by atoms with E-state index < -0.39 is 10.0 Å². The standard InChI is InChI=1S/C27H31N3O4S3/c1-3-30(37(32,33)24-12-7-13-35-24)23-11-6-9-19-16-22(29-25(19)23)26-28-17-21(36-26)15-18-8-5-10-20(14-18)27(31)34-4-2/h6-7,9,11-13,16-18,20,29H,3-5,8,10,14-15H2,1-2H3. The van der Waals surface area contributed by atoms with E-state index in [1.54, 1.807) is 28.8 Å². The molecule has 37 heavy (non-hydrogen) atoms. The Balaban J connectivity index is 1.38. The highest BCUT2D eigenvalue weighted by Crippen LogP contribution is 2.37. The van der Waals surface area contributed by atoms with Gasteiger partial charge in [-0.2, -0.15) is 0 Å². The number of thiophene rings is 1. The lowest BCUT2D eigenvalue weighted by Gasteiger charge is -2.27. The van der Waals surface area contributed by atoms with E-state index in [2.05, 4.69) is 9.97 Å². The summed E-state index contributed by atoms with van der Waals surface area (Å²) in [5.41, 5.74) is 2.28. The van der Waals surface area contributed by atoms with Crippen LogP contribution in [0.25, 0.3) is 21.6 Å². The minimum Gasteiger partial charge on any atom is -0.466 e. The number of anilines is 1. The van der Waals surface area contributed by atoms with Gasteiger partial charge in [-0.25, -0.2) is 13.4 Å². The lowest BCUT2D eigenvalue weighted by molar-refractivity contribution is -0.149. The van der Waals surface area contributed by atoms with Crippen LogP contribution in [0.3, 0.4) is 0 Å². The van der Waals surface area contributed by atoms with E-state index in [1.165, 1.54) is 20.5 Å². The molecule has 0 amide bonds. The van der Waals surface area contributed by atoms with Gasteiger partial charge in [-0.3, -0.25) is 9.10 Å². The Morgan fingerprint density at radius 2 is 2.08 bits per heavy atom. The zero-order chi connectivity index (χ0) is 26.0. The van der Waals surface area contributed by atoms with Gasteiger partial charge in [0.15, 0.2) is 0 Å². The normalized spacial score (nSPS) is 18.2. The Hall–Kier alpha value is -2.69. The van der Waals surface area contributed by atoms with Crippen molar-refractivity contribution in [3.8, 4) is 10.7 Å². The minimum atomic E-state index is -3.65. The predicted octanol–water partition coefficient (Wildman–Crippen LogP) is 6.48. The maximum Gasteiger partial charge on any atom is 0.308 e. The molecule has 3 heterocycles. The van der Waals surface area contributed by atoms with Crippen LogP contribution in [0.5, 0.6) is 0 Å². The number of benzene rings is 1. The SMILES string of the molecule is CCOC(=O)C1CCCC(Cc2cnc(-c3cc4cccc(N(CC)S(=O)(=O)c5cccs5)c4[nH]3)s2)C1. The summed E-state index contributed by atoms with van der Waals surface area (Å²) in [6.45, 7) is 4.45. The first-order valence-corrected chi connectivity index (χ1v) is 15.8. The smallest absolute Gasteiger partial charge is 0.308 e. The summed E-state index contributed by atoms with van der Waals surface area (Å²) in [5, 5.41) is 3.59. The van der Waals surface area contributed by atoms with E-state index in [1.807, 2.05) is 44.3 Å². The summed E-state index contributed by atoms with van der Waals surface area (Å²) in [6, 6.07) is 11.1. The average molecular weight is 558 g/mol. The molecule has 1 fully saturated rings. The Morgan fingerprint density at radius 1 is 1.22 bits per heavy atom. The third kappa shape index (κ3) is 5.32. The van der Waals surface area contributed by atoms with E-state index in [4.69, 9.17) is 4.74 Å². The molecule has 0 bridgehead atoms. The number of hydrogen-bond donors (Lipinski definition) is 1. The summed E-state index contributed by atoms with van der Waals surface area (Å²) in [6.07, 6.45) is 6.78. The third-order valence-electron chi connectivity index (χ3n) is 6.91. The van der Waals surface area contributed by atoms with Gasteiger partial charge in [0.1, 0.15) is 9.22 Å². The molecule has 1 N–H and O–H groups in total. The van der Waals surface area contributed by atoms with Crippen LogP contribution in [0.15, 0.2) is 52.2 Å². The van der Waals surface area contributed by atoms with Crippen molar-refractivity contribution in [3.05, 3.63) is 52.9 Å². The molecule has 0 aliphatic heterocycles. The highest BCUT2D eigenvalue weighted by molar-refractivity contribution is 7.94. The molecule has 196 valence electrons. The summed E-state index contributed by atoms with van der Waals surface area (Å²) in [5.74, 6) is 0.393. The number of aromatic nitrogens is 2. The van der Waals surface area contributed by atoms with Crippen LogP contribution in [0.1, 0.15) is 44.4 Å². The average Bonchev–Trinajstić information content (AvgIpc) is 3.65. The molecule has 1 saturated carbocycles. The van der Waals surface area contributed by atoms with E-state index >= 15 is 0 Å². The number of thiazole rings is 1. The first kappa shape index (κ1) is 25.9. The number of rotatable bonds is 9. The molecule has 0 saturated heterocycles. The first-order valence-electron chi connectivity index (χ1n) is 12.7. The van der Waals surface area contributed by atoms with Gasteiger partial charge in [-0.05, 0) is 62.6 Å². The number of H-pyrrole nitrogens is 1. The number of nitrogens with one attached hydrogen (secondary N) is 1. The zero-order valence-electron chi connectivity index (χ0n) is 21.0. The highest BCUT2D eigenvalue weighted by atomic mass is 32.2. The van der Waals surface area contributed by atoms with Crippen molar-refractivity contribution in [2.24, 2.45) is 11.8 Å². The van der Waals surface area contributed by atoms with Crippen LogP contribution >= 0.6 is 22.7 Å². The number of ether oxygens (including phenoxy) is 1. The van der Waals surface area contributed by atoms with Crippen molar-refractivity contribution in [2.45, 2.75) is 50.2 Å². The van der Waals surface area contributed by atoms with Gasteiger partial charge in [0.2, 0.25) is 0 Å². The molecule has 5 rings (SSSR count). The van der Waals surface area contributed by atoms with Gasteiger partial charge in [0.25, 0.3) is 10.0 Å². The fraction of sp³-hybridized carbons (Fsp3) is 0.407. The number of hydrogen-bond acceptors (Lipinski definition) is 7. The molecule has 0 radical (unpaired) electrons. The lowest BCUT2D eigenvalue weighted by Crippen LogP contribution is -2.30. The number of carbonyl (C=O) groups is 1. The molecular weight excluding hydrogens is 527 g/mol. The van der Waals surface area contributed by atoms with Crippen molar-refractivity contribution in [3.63, 3.8) is 0 Å². The molecule has 3 aromatic heterocycles. The number of sulfonamides is 1. The van der Waals surface area contributed by atoms with Crippen LogP contribution in [-0.2, 0) is 26.0 Å². The molecule has 2 unspecified atom stereocenters. The number of para-hydroxylation sites is 1. The Labute approximate surface area is 225 Å². The number of carbonyl (C=O) groups excluding carboxylic acids is 1. The number of aromatic amines is 1. The van der Waals surface area contributed by atoms with Crippen LogP contribution in [0.4, 0.5) is 5.69 Å². The van der Waals surface area contributed by atoms with E-state index in [0.717, 1.165) is 53.7 Å². The van der Waals surface area contributed by atoms with Crippen molar-refractivity contribution in [1.29, 1.82) is 0 Å².